The van der Waals surface area contributed by atoms with Crippen molar-refractivity contribution in [2.45, 2.75) is 83.3 Å². The molecule has 10 heteroatoms. The Morgan fingerprint density at radius 2 is 1.86 bits per heavy atom. The van der Waals surface area contributed by atoms with Gasteiger partial charge in [0, 0.05) is 16.9 Å². The van der Waals surface area contributed by atoms with Crippen LogP contribution in [0.25, 0.3) is 0 Å². The number of cyclic esters (lactones) is 1. The van der Waals surface area contributed by atoms with E-state index in [4.69, 9.17) is 14.4 Å². The van der Waals surface area contributed by atoms with Gasteiger partial charge < -0.3 is 14.7 Å². The predicted octanol–water partition coefficient (Wildman–Crippen LogP) is 3.53. The van der Waals surface area contributed by atoms with Gasteiger partial charge in [-0.05, 0) is 86.5 Å². The standard InChI is InChI=1S/C25H37N2O8/c1-22-8-5-20-19(24(22,15-34-26(3)30)10-4-17(13-22)35-27(31)32)6-9-23(2)18(7-11-25(20,23)29)16-12-21(28)33-14-16/h12,17-20,29H,4-11,13-15H2,1-3H3/q+1/t17?,18?,19-,20+,22?,23?,24?,25?/m0/s1. The zero-order chi connectivity index (χ0) is 25.2. The minimum Gasteiger partial charge on any atom is -0.458 e. The van der Waals surface area contributed by atoms with E-state index in [1.807, 2.05) is 0 Å². The van der Waals surface area contributed by atoms with Crippen molar-refractivity contribution in [3.8, 4) is 0 Å². The summed E-state index contributed by atoms with van der Waals surface area (Å²) in [5.41, 5.74) is -0.939. The van der Waals surface area contributed by atoms with Crippen molar-refractivity contribution in [1.82, 2.24) is 0 Å². The van der Waals surface area contributed by atoms with E-state index >= 15 is 0 Å². The molecule has 0 saturated heterocycles. The third-order valence-corrected chi connectivity index (χ3v) is 11.0. The molecular formula is C25H37N2O8+. The smallest absolute Gasteiger partial charge is 0.331 e. The van der Waals surface area contributed by atoms with Crippen LogP contribution in [0.1, 0.15) is 71.6 Å². The molecule has 4 fully saturated rings. The quantitative estimate of drug-likeness (QED) is 0.338. The first kappa shape index (κ1) is 24.5. The van der Waals surface area contributed by atoms with Crippen LogP contribution < -0.4 is 0 Å². The minimum absolute atomic E-state index is 0.0338. The molecule has 5 rings (SSSR count). The molecule has 1 N–H and O–H groups in total. The Hall–Kier alpha value is -2.23. The van der Waals surface area contributed by atoms with Crippen LogP contribution in [0.2, 0.25) is 0 Å². The maximum atomic E-state index is 12.4. The number of fused-ring (bicyclic) bond motifs is 5. The van der Waals surface area contributed by atoms with E-state index in [1.165, 1.54) is 7.05 Å². The number of rotatable bonds is 6. The van der Waals surface area contributed by atoms with Crippen LogP contribution in [-0.4, -0.2) is 53.1 Å². The van der Waals surface area contributed by atoms with Crippen LogP contribution in [0.4, 0.5) is 0 Å². The molecule has 5 aliphatic rings. The predicted molar refractivity (Wildman–Crippen MR) is 122 cm³/mol. The van der Waals surface area contributed by atoms with Gasteiger partial charge in [-0.1, -0.05) is 13.8 Å². The maximum Gasteiger partial charge on any atom is 0.331 e. The SMILES string of the molecule is C[N+](=O)OCC12CCC(O[N+](=O)[O-])CC1(C)CC[C@@H]1[C@@H]2CCC2(C)C(C3=CC(=O)OC3)CCC12O. The van der Waals surface area contributed by atoms with Crippen molar-refractivity contribution >= 4 is 5.97 Å². The maximum absolute atomic E-state index is 12.4. The van der Waals surface area contributed by atoms with Crippen LogP contribution in [0, 0.1) is 49.0 Å². The summed E-state index contributed by atoms with van der Waals surface area (Å²) in [6, 6.07) is 0. The van der Waals surface area contributed by atoms with E-state index in [1.54, 1.807) is 6.08 Å². The Morgan fingerprint density at radius 3 is 2.51 bits per heavy atom. The molecule has 0 spiro atoms. The lowest BCUT2D eigenvalue weighted by molar-refractivity contribution is -0.789. The molecule has 194 valence electrons. The number of carbonyl (C=O) groups excluding carboxylic acids is 1. The van der Waals surface area contributed by atoms with Gasteiger partial charge in [0.2, 0.25) is 12.0 Å². The summed E-state index contributed by atoms with van der Waals surface area (Å²) in [6.45, 7) is 4.88. The fourth-order valence-electron chi connectivity index (χ4n) is 9.30. The van der Waals surface area contributed by atoms with Crippen LogP contribution in [-0.2, 0) is 19.2 Å². The van der Waals surface area contributed by atoms with E-state index < -0.39 is 16.8 Å². The van der Waals surface area contributed by atoms with E-state index in [2.05, 4.69) is 13.8 Å². The Kier molecular flexibility index (Phi) is 5.69. The molecule has 0 aromatic rings. The van der Waals surface area contributed by atoms with E-state index in [9.17, 15) is 24.9 Å². The molecule has 0 bridgehead atoms. The number of hydrogen-bond donors (Lipinski definition) is 1. The summed E-state index contributed by atoms with van der Waals surface area (Å²) < 4.78 is 5.21. The zero-order valence-electron chi connectivity index (χ0n) is 20.9. The van der Waals surface area contributed by atoms with Crippen molar-refractivity contribution in [1.29, 1.82) is 0 Å². The number of nitrogens with zero attached hydrogens (tertiary/aromatic N) is 2. The Balaban J connectivity index is 1.48. The first-order valence-corrected chi connectivity index (χ1v) is 12.9. The highest BCUT2D eigenvalue weighted by molar-refractivity contribution is 5.85. The van der Waals surface area contributed by atoms with Crippen molar-refractivity contribution in [3.63, 3.8) is 0 Å². The van der Waals surface area contributed by atoms with Crippen molar-refractivity contribution in [2.75, 3.05) is 20.3 Å². The lowest BCUT2D eigenvalue weighted by Gasteiger charge is -2.67. The van der Waals surface area contributed by atoms with Crippen LogP contribution in [0.5, 0.6) is 0 Å². The molecule has 35 heavy (non-hydrogen) atoms. The van der Waals surface area contributed by atoms with Gasteiger partial charge in [-0.25, -0.2) is 9.63 Å². The molecule has 0 amide bonds. The fourth-order valence-corrected chi connectivity index (χ4v) is 9.30. The lowest BCUT2D eigenvalue weighted by atomic mass is 9.39. The van der Waals surface area contributed by atoms with E-state index in [-0.39, 0.29) is 46.6 Å². The van der Waals surface area contributed by atoms with Gasteiger partial charge >= 0.3 is 5.97 Å². The molecule has 4 saturated carbocycles. The highest BCUT2D eigenvalue weighted by Crippen LogP contribution is 2.72. The largest absolute Gasteiger partial charge is 0.458 e. The third kappa shape index (κ3) is 3.49. The first-order chi connectivity index (χ1) is 16.4. The highest BCUT2D eigenvalue weighted by Gasteiger charge is 2.71. The topological polar surface area (TPSA) is 128 Å². The van der Waals surface area contributed by atoms with Crippen molar-refractivity contribution in [2.24, 2.45) is 34.0 Å². The summed E-state index contributed by atoms with van der Waals surface area (Å²) >= 11 is 0. The number of carbonyl (C=O) groups is 1. The summed E-state index contributed by atoms with van der Waals surface area (Å²) in [5.74, 6) is -0.0263. The molecule has 0 aromatic heterocycles. The van der Waals surface area contributed by atoms with Crippen LogP contribution >= 0.6 is 0 Å². The summed E-state index contributed by atoms with van der Waals surface area (Å²) in [6.07, 6.45) is 7.63. The fraction of sp³-hybridized carbons (Fsp3) is 0.880. The number of aliphatic hydroxyl groups is 1. The Bertz CT molecular complexity index is 969. The molecule has 1 heterocycles. The average Bonchev–Trinajstić information content (AvgIpc) is 3.31. The molecule has 8 atom stereocenters. The number of hydrogen-bond acceptors (Lipinski definition) is 8. The summed E-state index contributed by atoms with van der Waals surface area (Å²) in [4.78, 5) is 45.8. The lowest BCUT2D eigenvalue weighted by Crippen LogP contribution is -2.66. The molecular weight excluding hydrogens is 456 g/mol. The third-order valence-electron chi connectivity index (χ3n) is 11.0. The highest BCUT2D eigenvalue weighted by atomic mass is 17.0. The van der Waals surface area contributed by atoms with Gasteiger partial charge in [-0.3, -0.25) is 0 Å². The van der Waals surface area contributed by atoms with Crippen molar-refractivity contribution in [3.05, 3.63) is 26.7 Å². The molecule has 4 aliphatic carbocycles. The molecule has 0 aromatic carbocycles. The van der Waals surface area contributed by atoms with Gasteiger partial charge in [0.25, 0.3) is 5.09 Å². The second kappa shape index (κ2) is 8.15. The normalized spacial score (nSPS) is 46.5. The Morgan fingerprint density at radius 1 is 1.11 bits per heavy atom. The molecule has 0 radical (unpaired) electrons. The summed E-state index contributed by atoms with van der Waals surface area (Å²) in [7, 11) is 1.33. The number of esters is 1. The van der Waals surface area contributed by atoms with Crippen LogP contribution in [0.3, 0.4) is 0 Å². The Labute approximate surface area is 205 Å². The second-order valence-electron chi connectivity index (χ2n) is 12.2. The van der Waals surface area contributed by atoms with Gasteiger partial charge in [-0.15, -0.1) is 10.1 Å². The van der Waals surface area contributed by atoms with E-state index in [0.717, 1.165) is 37.7 Å². The summed E-state index contributed by atoms with van der Waals surface area (Å²) in [5, 5.41) is 22.8. The van der Waals surface area contributed by atoms with Gasteiger partial charge in [0.1, 0.15) is 12.7 Å². The second-order valence-corrected chi connectivity index (χ2v) is 12.2. The minimum atomic E-state index is -0.890. The molecule has 1 aliphatic heterocycles. The number of ether oxygens (including phenoxy) is 1. The van der Waals surface area contributed by atoms with Gasteiger partial charge in [0.05, 0.1) is 10.5 Å². The zero-order valence-corrected chi connectivity index (χ0v) is 20.9. The molecule has 10 nitrogen and oxygen atoms in total. The molecule has 6 unspecified atom stereocenters. The van der Waals surface area contributed by atoms with Crippen LogP contribution in [0.15, 0.2) is 11.6 Å². The van der Waals surface area contributed by atoms with Gasteiger partial charge in [-0.2, -0.15) is 0 Å². The monoisotopic (exact) mass is 493 g/mol. The van der Waals surface area contributed by atoms with E-state index in [0.29, 0.717) is 37.2 Å². The van der Waals surface area contributed by atoms with Crippen molar-refractivity contribution < 1.29 is 34.3 Å². The van der Waals surface area contributed by atoms with Gasteiger partial charge in [0.15, 0.2) is 6.61 Å². The first-order valence-electron chi connectivity index (χ1n) is 12.9. The average molecular weight is 494 g/mol.